The van der Waals surface area contributed by atoms with Crippen molar-refractivity contribution in [2.75, 3.05) is 0 Å². The van der Waals surface area contributed by atoms with Crippen LogP contribution in [-0.4, -0.2) is 0 Å². The molecule has 0 aliphatic carbocycles. The highest BCUT2D eigenvalue weighted by atomic mass is 14.2. The van der Waals surface area contributed by atoms with E-state index in [9.17, 15) is 0 Å². The Kier molecular flexibility index (Phi) is 5.01. The summed E-state index contributed by atoms with van der Waals surface area (Å²) in [5.41, 5.74) is 2.89. The molecule has 0 aromatic heterocycles. The summed E-state index contributed by atoms with van der Waals surface area (Å²) in [4.78, 5) is 0. The molecule has 1 radical (unpaired) electrons. The smallest absolute Gasteiger partial charge is 0.0121 e. The van der Waals surface area contributed by atoms with E-state index in [-0.39, 0.29) is 0 Å². The minimum atomic E-state index is 0.647. The van der Waals surface area contributed by atoms with Crippen LogP contribution in [0.4, 0.5) is 0 Å². The number of hydrogen-bond donors (Lipinski definition) is 0. The van der Waals surface area contributed by atoms with E-state index >= 15 is 0 Å². The third-order valence-corrected chi connectivity index (χ3v) is 3.45. The molecule has 1 unspecified atom stereocenters. The van der Waals surface area contributed by atoms with Gasteiger partial charge in [-0.2, -0.15) is 0 Å². The summed E-state index contributed by atoms with van der Waals surface area (Å²) in [6, 6.07) is 22.4. The molecule has 0 spiro atoms. The summed E-state index contributed by atoms with van der Waals surface area (Å²) >= 11 is 0. The molecule has 0 heteroatoms. The van der Waals surface area contributed by atoms with Crippen LogP contribution in [0.3, 0.4) is 0 Å². The minimum absolute atomic E-state index is 0.647. The topological polar surface area (TPSA) is 0 Å². The summed E-state index contributed by atoms with van der Waals surface area (Å²) < 4.78 is 0. The van der Waals surface area contributed by atoms with Crippen molar-refractivity contribution < 1.29 is 0 Å². The van der Waals surface area contributed by atoms with Crippen molar-refractivity contribution in [1.29, 1.82) is 0 Å². The summed E-state index contributed by atoms with van der Waals surface area (Å²) in [6.45, 7) is 2.26. The SMILES string of the molecule is CCCCC(Cc1cc[c]cc1)c1ccccc1. The van der Waals surface area contributed by atoms with E-state index in [4.69, 9.17) is 0 Å². The predicted molar refractivity (Wildman–Crippen MR) is 77.7 cm³/mol. The molecule has 0 amide bonds. The van der Waals surface area contributed by atoms with Gasteiger partial charge in [0.1, 0.15) is 0 Å². The molecular formula is C18H21. The van der Waals surface area contributed by atoms with Gasteiger partial charge in [-0.1, -0.05) is 74.4 Å². The number of rotatable bonds is 6. The fourth-order valence-electron chi connectivity index (χ4n) is 2.40. The Morgan fingerprint density at radius 2 is 1.72 bits per heavy atom. The van der Waals surface area contributed by atoms with Crippen LogP contribution in [0, 0.1) is 6.07 Å². The molecule has 2 rings (SSSR count). The Bertz CT molecular complexity index is 430. The molecule has 18 heavy (non-hydrogen) atoms. The van der Waals surface area contributed by atoms with Gasteiger partial charge in [-0.05, 0) is 36.0 Å². The van der Waals surface area contributed by atoms with E-state index in [0.717, 1.165) is 6.42 Å². The van der Waals surface area contributed by atoms with Gasteiger partial charge < -0.3 is 0 Å². The van der Waals surface area contributed by atoms with Gasteiger partial charge in [0.25, 0.3) is 0 Å². The maximum Gasteiger partial charge on any atom is -0.0121 e. The highest BCUT2D eigenvalue weighted by Gasteiger charge is 2.11. The third kappa shape index (κ3) is 3.73. The maximum atomic E-state index is 3.09. The van der Waals surface area contributed by atoms with E-state index < -0.39 is 0 Å². The standard InChI is InChI=1S/C18H21/c1-2-3-12-18(17-13-8-5-9-14-17)15-16-10-6-4-7-11-16/h5-11,13-14,18H,2-3,12,15H2,1H3. The van der Waals surface area contributed by atoms with Crippen LogP contribution in [0.1, 0.15) is 43.2 Å². The van der Waals surface area contributed by atoms with Gasteiger partial charge in [-0.15, -0.1) is 0 Å². The summed E-state index contributed by atoms with van der Waals surface area (Å²) in [5.74, 6) is 0.647. The number of benzene rings is 2. The van der Waals surface area contributed by atoms with Gasteiger partial charge in [-0.3, -0.25) is 0 Å². The van der Waals surface area contributed by atoms with Crippen molar-refractivity contribution in [3.8, 4) is 0 Å². The molecule has 0 bridgehead atoms. The lowest BCUT2D eigenvalue weighted by Gasteiger charge is -2.17. The Hall–Kier alpha value is -1.56. The Morgan fingerprint density at radius 1 is 1.00 bits per heavy atom. The quantitative estimate of drug-likeness (QED) is 0.663. The molecule has 1 atom stereocenters. The lowest BCUT2D eigenvalue weighted by molar-refractivity contribution is 0.581. The zero-order chi connectivity index (χ0) is 12.6. The summed E-state index contributed by atoms with van der Waals surface area (Å²) in [7, 11) is 0. The highest BCUT2D eigenvalue weighted by Crippen LogP contribution is 2.26. The van der Waals surface area contributed by atoms with E-state index in [1.165, 1.54) is 30.4 Å². The van der Waals surface area contributed by atoms with Gasteiger partial charge in [0.05, 0.1) is 0 Å². The normalized spacial score (nSPS) is 12.3. The second kappa shape index (κ2) is 7.00. The van der Waals surface area contributed by atoms with Crippen LogP contribution in [0.2, 0.25) is 0 Å². The van der Waals surface area contributed by atoms with Crippen molar-refractivity contribution in [3.63, 3.8) is 0 Å². The van der Waals surface area contributed by atoms with Crippen LogP contribution < -0.4 is 0 Å². The fourth-order valence-corrected chi connectivity index (χ4v) is 2.40. The second-order valence-electron chi connectivity index (χ2n) is 4.86. The zero-order valence-corrected chi connectivity index (χ0v) is 11.1. The molecule has 2 aromatic carbocycles. The summed E-state index contributed by atoms with van der Waals surface area (Å²) in [5, 5.41) is 0. The van der Waals surface area contributed by atoms with E-state index in [1.807, 2.05) is 12.1 Å². The first-order valence-electron chi connectivity index (χ1n) is 6.90. The Morgan fingerprint density at radius 3 is 2.39 bits per heavy atom. The first kappa shape index (κ1) is 12.9. The number of unbranched alkanes of at least 4 members (excludes halogenated alkanes) is 1. The molecule has 0 saturated heterocycles. The van der Waals surface area contributed by atoms with Crippen molar-refractivity contribution in [2.45, 2.75) is 38.5 Å². The zero-order valence-electron chi connectivity index (χ0n) is 11.1. The Balaban J connectivity index is 2.10. The van der Waals surface area contributed by atoms with Gasteiger partial charge in [0.15, 0.2) is 0 Å². The van der Waals surface area contributed by atoms with E-state index in [0.29, 0.717) is 5.92 Å². The average molecular weight is 237 g/mol. The van der Waals surface area contributed by atoms with Crippen molar-refractivity contribution in [1.82, 2.24) is 0 Å². The van der Waals surface area contributed by atoms with Gasteiger partial charge in [-0.25, -0.2) is 0 Å². The van der Waals surface area contributed by atoms with Crippen LogP contribution in [0.25, 0.3) is 0 Å². The third-order valence-electron chi connectivity index (χ3n) is 3.45. The van der Waals surface area contributed by atoms with E-state index in [2.05, 4.69) is 55.5 Å². The van der Waals surface area contributed by atoms with Crippen molar-refractivity contribution in [2.24, 2.45) is 0 Å². The molecule has 0 N–H and O–H groups in total. The largest absolute Gasteiger partial charge is 0.0654 e. The van der Waals surface area contributed by atoms with Crippen molar-refractivity contribution >= 4 is 0 Å². The predicted octanol–water partition coefficient (Wildman–Crippen LogP) is 5.00. The van der Waals surface area contributed by atoms with Gasteiger partial charge in [0, 0.05) is 0 Å². The fraction of sp³-hybridized carbons (Fsp3) is 0.333. The monoisotopic (exact) mass is 237 g/mol. The van der Waals surface area contributed by atoms with Gasteiger partial charge in [0.2, 0.25) is 0 Å². The molecule has 0 aliphatic heterocycles. The van der Waals surface area contributed by atoms with Crippen LogP contribution in [0.5, 0.6) is 0 Å². The average Bonchev–Trinajstić information content (AvgIpc) is 2.45. The summed E-state index contributed by atoms with van der Waals surface area (Å²) in [6.07, 6.45) is 4.99. The van der Waals surface area contributed by atoms with Crippen LogP contribution in [-0.2, 0) is 6.42 Å². The van der Waals surface area contributed by atoms with Crippen molar-refractivity contribution in [3.05, 3.63) is 71.8 Å². The van der Waals surface area contributed by atoms with E-state index in [1.54, 1.807) is 0 Å². The molecule has 93 valence electrons. The Labute approximate surface area is 111 Å². The molecule has 0 heterocycles. The first-order valence-corrected chi connectivity index (χ1v) is 6.90. The van der Waals surface area contributed by atoms with Crippen LogP contribution in [0.15, 0.2) is 54.6 Å². The molecule has 0 aliphatic rings. The molecule has 0 saturated carbocycles. The molecule has 2 aromatic rings. The molecule has 0 fully saturated rings. The first-order chi connectivity index (χ1) is 8.90. The second-order valence-corrected chi connectivity index (χ2v) is 4.86. The van der Waals surface area contributed by atoms with Gasteiger partial charge >= 0.3 is 0 Å². The minimum Gasteiger partial charge on any atom is -0.0654 e. The molecule has 0 nitrogen and oxygen atoms in total. The van der Waals surface area contributed by atoms with Crippen LogP contribution >= 0.6 is 0 Å². The maximum absolute atomic E-state index is 3.09. The number of hydrogen-bond acceptors (Lipinski definition) is 0. The lowest BCUT2D eigenvalue weighted by Crippen LogP contribution is -2.03. The molecular weight excluding hydrogens is 216 g/mol. The lowest BCUT2D eigenvalue weighted by atomic mass is 9.88. The highest BCUT2D eigenvalue weighted by molar-refractivity contribution is 5.24.